The van der Waals surface area contributed by atoms with E-state index in [2.05, 4.69) is 12.2 Å². The summed E-state index contributed by atoms with van der Waals surface area (Å²) in [4.78, 5) is 23.6. The summed E-state index contributed by atoms with van der Waals surface area (Å²) in [5.41, 5.74) is 0.539. The Morgan fingerprint density at radius 2 is 1.83 bits per heavy atom. The highest BCUT2D eigenvalue weighted by molar-refractivity contribution is 6.04. The molecule has 5 heteroatoms. The van der Waals surface area contributed by atoms with E-state index in [1.165, 1.54) is 12.3 Å². The van der Waals surface area contributed by atoms with Crippen molar-refractivity contribution in [2.75, 3.05) is 11.9 Å². The summed E-state index contributed by atoms with van der Waals surface area (Å²) in [6, 6.07) is 6.60. The first-order valence-corrected chi connectivity index (χ1v) is 7.74. The van der Waals surface area contributed by atoms with Gasteiger partial charge in [-0.15, -0.1) is 0 Å². The molecular weight excluding hydrogens is 294 g/mol. The molecule has 0 spiro atoms. The van der Waals surface area contributed by atoms with Gasteiger partial charge in [0.1, 0.15) is 5.60 Å². The largest absolute Gasteiger partial charge is 0.501 e. The number of hydrogen-bond donors (Lipinski definition) is 1. The second-order valence-electron chi connectivity index (χ2n) is 6.10. The van der Waals surface area contributed by atoms with Gasteiger partial charge in [0.15, 0.2) is 5.78 Å². The van der Waals surface area contributed by atoms with E-state index >= 15 is 0 Å². The van der Waals surface area contributed by atoms with E-state index in [1.54, 1.807) is 45.0 Å². The number of allylic oxidation sites excluding steroid dienone is 1. The van der Waals surface area contributed by atoms with Crippen LogP contribution in [0.25, 0.3) is 0 Å². The number of ether oxygens (including phenoxy) is 2. The molecule has 0 unspecified atom stereocenters. The minimum absolute atomic E-state index is 0.148. The maximum absolute atomic E-state index is 11.9. The minimum atomic E-state index is -0.553. The van der Waals surface area contributed by atoms with Crippen molar-refractivity contribution in [2.45, 2.75) is 46.1 Å². The highest BCUT2D eigenvalue weighted by Gasteiger charge is 2.16. The first-order chi connectivity index (χ1) is 10.8. The van der Waals surface area contributed by atoms with Gasteiger partial charge < -0.3 is 9.47 Å². The second kappa shape index (κ2) is 8.98. The number of amides is 1. The van der Waals surface area contributed by atoms with E-state index < -0.39 is 11.7 Å². The van der Waals surface area contributed by atoms with Crippen molar-refractivity contribution in [3.8, 4) is 0 Å². The summed E-state index contributed by atoms with van der Waals surface area (Å²) in [7, 11) is 0. The monoisotopic (exact) mass is 319 g/mol. The number of nitrogens with one attached hydrogen (secondary N) is 1. The Hall–Kier alpha value is -2.30. The molecule has 5 nitrogen and oxygen atoms in total. The fourth-order valence-electron chi connectivity index (χ4n) is 1.64. The van der Waals surface area contributed by atoms with Crippen LogP contribution in [0.5, 0.6) is 0 Å². The number of carbonyl (C=O) groups is 2. The number of hydrogen-bond acceptors (Lipinski definition) is 4. The number of benzene rings is 1. The zero-order valence-corrected chi connectivity index (χ0v) is 14.2. The van der Waals surface area contributed by atoms with Gasteiger partial charge >= 0.3 is 6.09 Å². The van der Waals surface area contributed by atoms with Gasteiger partial charge in [-0.1, -0.05) is 13.3 Å². The number of ketones is 1. The maximum atomic E-state index is 11.9. The summed E-state index contributed by atoms with van der Waals surface area (Å²) in [5, 5.41) is 2.62. The van der Waals surface area contributed by atoms with Crippen LogP contribution >= 0.6 is 0 Å². The standard InChI is InChI=1S/C18H25NO4/c1-5-6-12-22-13-11-16(20)14-7-9-15(10-8-14)19-17(21)23-18(2,3)4/h7-11,13H,5-6,12H2,1-4H3,(H,19,21)/b13-11+. The summed E-state index contributed by atoms with van der Waals surface area (Å²) in [6.07, 6.45) is 4.30. The van der Waals surface area contributed by atoms with Gasteiger partial charge in [-0.2, -0.15) is 0 Å². The second-order valence-corrected chi connectivity index (χ2v) is 6.10. The SMILES string of the molecule is CCCCO/C=C/C(=O)c1ccc(NC(=O)OC(C)(C)C)cc1. The number of rotatable bonds is 7. The smallest absolute Gasteiger partial charge is 0.412 e. The van der Waals surface area contributed by atoms with Crippen molar-refractivity contribution in [1.29, 1.82) is 0 Å². The van der Waals surface area contributed by atoms with E-state index in [0.29, 0.717) is 17.9 Å². The fraction of sp³-hybridized carbons (Fsp3) is 0.444. The lowest BCUT2D eigenvalue weighted by Gasteiger charge is -2.19. The molecule has 0 aliphatic rings. The highest BCUT2D eigenvalue weighted by Crippen LogP contribution is 2.13. The molecule has 0 fully saturated rings. The highest BCUT2D eigenvalue weighted by atomic mass is 16.6. The normalized spacial score (nSPS) is 11.3. The van der Waals surface area contributed by atoms with Gasteiger partial charge in [-0.25, -0.2) is 4.79 Å². The average Bonchev–Trinajstić information content (AvgIpc) is 2.45. The summed E-state index contributed by atoms with van der Waals surface area (Å²) in [5.74, 6) is -0.148. The summed E-state index contributed by atoms with van der Waals surface area (Å²) < 4.78 is 10.4. The minimum Gasteiger partial charge on any atom is -0.501 e. The van der Waals surface area contributed by atoms with Crippen molar-refractivity contribution in [3.05, 3.63) is 42.2 Å². The van der Waals surface area contributed by atoms with Gasteiger partial charge in [0.2, 0.25) is 0 Å². The first-order valence-electron chi connectivity index (χ1n) is 7.74. The molecule has 0 saturated carbocycles. The molecule has 0 saturated heterocycles. The van der Waals surface area contributed by atoms with Crippen LogP contribution in [0.4, 0.5) is 10.5 Å². The van der Waals surface area contributed by atoms with Gasteiger partial charge in [-0.3, -0.25) is 10.1 Å². The molecule has 1 aromatic rings. The van der Waals surface area contributed by atoms with Crippen molar-refractivity contribution >= 4 is 17.6 Å². The van der Waals surface area contributed by atoms with Crippen LogP contribution in [0.1, 0.15) is 50.9 Å². The van der Waals surface area contributed by atoms with Crippen molar-refractivity contribution < 1.29 is 19.1 Å². The lowest BCUT2D eigenvalue weighted by Crippen LogP contribution is -2.27. The Morgan fingerprint density at radius 3 is 2.39 bits per heavy atom. The molecule has 0 bridgehead atoms. The predicted molar refractivity (Wildman–Crippen MR) is 90.6 cm³/mol. The molecule has 126 valence electrons. The Balaban J connectivity index is 2.52. The van der Waals surface area contributed by atoms with E-state index in [4.69, 9.17) is 9.47 Å². The van der Waals surface area contributed by atoms with Crippen LogP contribution in [-0.2, 0) is 9.47 Å². The van der Waals surface area contributed by atoms with Crippen LogP contribution in [0.2, 0.25) is 0 Å². The van der Waals surface area contributed by atoms with Crippen LogP contribution in [0.3, 0.4) is 0 Å². The average molecular weight is 319 g/mol. The third-order valence-corrected chi connectivity index (χ3v) is 2.75. The molecule has 0 atom stereocenters. The zero-order chi connectivity index (χ0) is 17.3. The van der Waals surface area contributed by atoms with E-state index in [0.717, 1.165) is 12.8 Å². The number of unbranched alkanes of at least 4 members (excludes halogenated alkanes) is 1. The van der Waals surface area contributed by atoms with Crippen molar-refractivity contribution in [3.63, 3.8) is 0 Å². The topological polar surface area (TPSA) is 64.6 Å². The van der Waals surface area contributed by atoms with Crippen molar-refractivity contribution in [1.82, 2.24) is 0 Å². The molecule has 23 heavy (non-hydrogen) atoms. The maximum Gasteiger partial charge on any atom is 0.412 e. The third kappa shape index (κ3) is 8.04. The van der Waals surface area contributed by atoms with Crippen LogP contribution < -0.4 is 5.32 Å². The summed E-state index contributed by atoms with van der Waals surface area (Å²) >= 11 is 0. The predicted octanol–water partition coefficient (Wildman–Crippen LogP) is 4.55. The van der Waals surface area contributed by atoms with Crippen LogP contribution in [0, 0.1) is 0 Å². The van der Waals surface area contributed by atoms with Gasteiger partial charge in [-0.05, 0) is 51.5 Å². The van der Waals surface area contributed by atoms with Gasteiger partial charge in [0.25, 0.3) is 0 Å². The summed E-state index contributed by atoms with van der Waals surface area (Å²) in [6.45, 7) is 8.07. The van der Waals surface area contributed by atoms with E-state index in [1.807, 2.05) is 0 Å². The van der Waals surface area contributed by atoms with Gasteiger partial charge in [0, 0.05) is 17.3 Å². The number of anilines is 1. The molecule has 1 amide bonds. The molecule has 1 N–H and O–H groups in total. The quantitative estimate of drug-likeness (QED) is 0.347. The Bertz CT molecular complexity index is 541. The molecule has 0 aliphatic heterocycles. The van der Waals surface area contributed by atoms with Crippen LogP contribution in [-0.4, -0.2) is 24.1 Å². The number of carbonyl (C=O) groups excluding carboxylic acids is 2. The fourth-order valence-corrected chi connectivity index (χ4v) is 1.64. The molecule has 1 rings (SSSR count). The van der Waals surface area contributed by atoms with Crippen LogP contribution in [0.15, 0.2) is 36.6 Å². The molecule has 1 aromatic carbocycles. The Kier molecular flexibility index (Phi) is 7.32. The van der Waals surface area contributed by atoms with E-state index in [9.17, 15) is 9.59 Å². The molecule has 0 aliphatic carbocycles. The zero-order valence-electron chi connectivity index (χ0n) is 14.2. The molecule has 0 radical (unpaired) electrons. The molecular formula is C18H25NO4. The molecule has 0 aromatic heterocycles. The third-order valence-electron chi connectivity index (χ3n) is 2.75. The Morgan fingerprint density at radius 1 is 1.17 bits per heavy atom. The van der Waals surface area contributed by atoms with E-state index in [-0.39, 0.29) is 5.78 Å². The lowest BCUT2D eigenvalue weighted by atomic mass is 10.1. The first kappa shape index (κ1) is 18.7. The molecule has 0 heterocycles. The Labute approximate surface area is 137 Å². The lowest BCUT2D eigenvalue weighted by molar-refractivity contribution is 0.0636. The van der Waals surface area contributed by atoms with Crippen molar-refractivity contribution in [2.24, 2.45) is 0 Å². The van der Waals surface area contributed by atoms with Gasteiger partial charge in [0.05, 0.1) is 12.9 Å².